The van der Waals surface area contributed by atoms with Crippen LogP contribution in [0.15, 0.2) is 56.7 Å². The monoisotopic (exact) mass is 515 g/mol. The number of carbonyl (C=O) groups is 1. The lowest BCUT2D eigenvalue weighted by Gasteiger charge is -2.33. The standard InChI is InChI=1S/C24H25N3O4S3/c1-16-9-10-17(2)22-21(16)25-24(33-22)27(15-19-7-4-12-31-19)23(28)18-6-3-11-26(14-18)34(29,30)20-8-5-13-32-20/h4-5,7-10,12-13,18H,3,6,11,14-15H2,1-2H3. The fourth-order valence-corrected chi connectivity index (χ4v) is 8.07. The normalized spacial score (nSPS) is 17.3. The second-order valence-corrected chi connectivity index (χ2v) is 12.6. The van der Waals surface area contributed by atoms with Gasteiger partial charge in [0.2, 0.25) is 5.91 Å². The summed E-state index contributed by atoms with van der Waals surface area (Å²) in [5, 5.41) is 2.36. The van der Waals surface area contributed by atoms with Gasteiger partial charge in [-0.2, -0.15) is 4.31 Å². The molecule has 1 unspecified atom stereocenters. The molecule has 1 saturated heterocycles. The fourth-order valence-electron chi connectivity index (χ4n) is 4.28. The van der Waals surface area contributed by atoms with E-state index in [1.807, 2.05) is 26.0 Å². The predicted octanol–water partition coefficient (Wildman–Crippen LogP) is 5.20. The molecule has 4 aromatic rings. The van der Waals surface area contributed by atoms with E-state index in [2.05, 4.69) is 6.07 Å². The Bertz CT molecular complexity index is 1370. The number of amides is 1. The number of hydrogen-bond donors (Lipinski definition) is 0. The Morgan fingerprint density at radius 3 is 2.74 bits per heavy atom. The first-order valence-corrected chi connectivity index (χ1v) is 14.2. The molecule has 0 radical (unpaired) electrons. The molecule has 1 aromatic carbocycles. The number of aryl methyl sites for hydroxylation is 2. The lowest BCUT2D eigenvalue weighted by atomic mass is 9.98. The number of benzene rings is 1. The van der Waals surface area contributed by atoms with Crippen LogP contribution in [0, 0.1) is 19.8 Å². The van der Waals surface area contributed by atoms with Gasteiger partial charge in [0.05, 0.1) is 28.9 Å². The van der Waals surface area contributed by atoms with Crippen molar-refractivity contribution in [2.75, 3.05) is 18.0 Å². The third-order valence-corrected chi connectivity index (χ3v) is 10.6. The minimum atomic E-state index is -3.61. The maximum absolute atomic E-state index is 13.9. The number of thiazole rings is 1. The third-order valence-electron chi connectivity index (χ3n) is 6.14. The Kier molecular flexibility index (Phi) is 6.32. The Labute approximate surface area is 206 Å². The van der Waals surface area contributed by atoms with Crippen molar-refractivity contribution in [2.24, 2.45) is 5.92 Å². The minimum Gasteiger partial charge on any atom is -0.467 e. The highest BCUT2D eigenvalue weighted by atomic mass is 32.2. The number of nitrogens with zero attached hydrogens (tertiary/aromatic N) is 3. The van der Waals surface area contributed by atoms with Gasteiger partial charge in [-0.05, 0) is 61.4 Å². The number of carbonyl (C=O) groups excluding carboxylic acids is 1. The van der Waals surface area contributed by atoms with Crippen LogP contribution < -0.4 is 4.90 Å². The molecule has 0 spiro atoms. The van der Waals surface area contributed by atoms with Crippen LogP contribution in [0.1, 0.15) is 29.7 Å². The van der Waals surface area contributed by atoms with Crippen LogP contribution in [0.4, 0.5) is 5.13 Å². The second-order valence-electron chi connectivity index (χ2n) is 8.51. The van der Waals surface area contributed by atoms with Gasteiger partial charge in [0, 0.05) is 13.1 Å². The molecule has 0 N–H and O–H groups in total. The number of hydrogen-bond acceptors (Lipinski definition) is 7. The average molecular weight is 516 g/mol. The SMILES string of the molecule is Cc1ccc(C)c2sc(N(Cc3ccco3)C(=O)C3CCCN(S(=O)(=O)c4cccs4)C3)nc12. The molecule has 34 heavy (non-hydrogen) atoms. The molecule has 1 aliphatic heterocycles. The van der Waals surface area contributed by atoms with Gasteiger partial charge in [-0.3, -0.25) is 9.69 Å². The predicted molar refractivity (Wildman–Crippen MR) is 135 cm³/mol. The summed E-state index contributed by atoms with van der Waals surface area (Å²) < 4.78 is 34.5. The molecule has 10 heteroatoms. The summed E-state index contributed by atoms with van der Waals surface area (Å²) in [6.45, 7) is 4.88. The molecule has 1 amide bonds. The molecule has 7 nitrogen and oxygen atoms in total. The summed E-state index contributed by atoms with van der Waals surface area (Å²) in [7, 11) is -3.61. The van der Waals surface area contributed by atoms with Crippen LogP contribution in [0.3, 0.4) is 0 Å². The lowest BCUT2D eigenvalue weighted by Crippen LogP contribution is -2.46. The molecule has 178 valence electrons. The number of piperidine rings is 1. The summed E-state index contributed by atoms with van der Waals surface area (Å²) in [5.41, 5.74) is 3.06. The second kappa shape index (κ2) is 9.26. The highest BCUT2D eigenvalue weighted by molar-refractivity contribution is 7.91. The van der Waals surface area contributed by atoms with Gasteiger partial charge in [-0.25, -0.2) is 13.4 Å². The molecule has 0 bridgehead atoms. The molecular formula is C24H25N3O4S3. The smallest absolute Gasteiger partial charge is 0.252 e. The van der Waals surface area contributed by atoms with Crippen molar-refractivity contribution in [3.63, 3.8) is 0 Å². The van der Waals surface area contributed by atoms with Crippen molar-refractivity contribution in [1.29, 1.82) is 0 Å². The summed E-state index contributed by atoms with van der Waals surface area (Å²) in [4.78, 5) is 20.4. The number of fused-ring (bicyclic) bond motifs is 1. The van der Waals surface area contributed by atoms with Crippen LogP contribution in [0.25, 0.3) is 10.2 Å². The van der Waals surface area contributed by atoms with Crippen molar-refractivity contribution >= 4 is 54.0 Å². The van der Waals surface area contributed by atoms with E-state index in [1.54, 1.807) is 34.7 Å². The number of anilines is 1. The van der Waals surface area contributed by atoms with E-state index in [4.69, 9.17) is 9.40 Å². The molecule has 1 fully saturated rings. The van der Waals surface area contributed by atoms with Gasteiger partial charge in [-0.1, -0.05) is 29.5 Å². The van der Waals surface area contributed by atoms with Crippen molar-refractivity contribution in [3.05, 3.63) is 64.9 Å². The first-order chi connectivity index (χ1) is 16.3. The van der Waals surface area contributed by atoms with Crippen LogP contribution in [-0.2, 0) is 21.4 Å². The van der Waals surface area contributed by atoms with Crippen LogP contribution >= 0.6 is 22.7 Å². The van der Waals surface area contributed by atoms with Crippen LogP contribution in [0.2, 0.25) is 0 Å². The Morgan fingerprint density at radius 1 is 1.21 bits per heavy atom. The van der Waals surface area contributed by atoms with Crippen molar-refractivity contribution in [2.45, 2.75) is 37.4 Å². The zero-order chi connectivity index (χ0) is 23.9. The average Bonchev–Trinajstić information content (AvgIpc) is 3.61. The number of sulfonamides is 1. The number of thiophene rings is 1. The summed E-state index contributed by atoms with van der Waals surface area (Å²) in [6.07, 6.45) is 2.85. The zero-order valence-corrected chi connectivity index (χ0v) is 21.4. The first-order valence-electron chi connectivity index (χ1n) is 11.1. The van der Waals surface area contributed by atoms with E-state index in [-0.39, 0.29) is 19.0 Å². The summed E-state index contributed by atoms with van der Waals surface area (Å²) in [6, 6.07) is 11.1. The molecule has 1 aliphatic rings. The van der Waals surface area contributed by atoms with Gasteiger partial charge < -0.3 is 4.42 Å². The lowest BCUT2D eigenvalue weighted by molar-refractivity contribution is -0.123. The Hall–Kier alpha value is -2.53. The largest absolute Gasteiger partial charge is 0.467 e. The van der Waals surface area contributed by atoms with E-state index < -0.39 is 15.9 Å². The van der Waals surface area contributed by atoms with Crippen LogP contribution in [0.5, 0.6) is 0 Å². The topological polar surface area (TPSA) is 83.7 Å². The zero-order valence-electron chi connectivity index (χ0n) is 18.9. The number of rotatable bonds is 6. The van der Waals surface area contributed by atoms with Crippen molar-refractivity contribution < 1.29 is 17.6 Å². The summed E-state index contributed by atoms with van der Waals surface area (Å²) >= 11 is 2.69. The van der Waals surface area contributed by atoms with Gasteiger partial charge in [0.15, 0.2) is 5.13 Å². The van der Waals surface area contributed by atoms with Gasteiger partial charge in [0.1, 0.15) is 9.97 Å². The molecule has 0 aliphatic carbocycles. The first kappa shape index (κ1) is 23.2. The van der Waals surface area contributed by atoms with Gasteiger partial charge >= 0.3 is 0 Å². The van der Waals surface area contributed by atoms with Crippen molar-refractivity contribution in [1.82, 2.24) is 9.29 Å². The van der Waals surface area contributed by atoms with E-state index in [0.29, 0.717) is 34.5 Å². The maximum Gasteiger partial charge on any atom is 0.252 e. The molecule has 1 atom stereocenters. The molecule has 4 heterocycles. The Morgan fingerprint density at radius 2 is 2.03 bits per heavy atom. The highest BCUT2D eigenvalue weighted by Gasteiger charge is 2.37. The van der Waals surface area contributed by atoms with E-state index in [9.17, 15) is 13.2 Å². The summed E-state index contributed by atoms with van der Waals surface area (Å²) in [5.74, 6) is 0.0735. The quantitative estimate of drug-likeness (QED) is 0.352. The number of aromatic nitrogens is 1. The van der Waals surface area contributed by atoms with Gasteiger partial charge in [-0.15, -0.1) is 11.3 Å². The Balaban J connectivity index is 1.47. The third kappa shape index (κ3) is 4.31. The number of furan rings is 1. The van der Waals surface area contributed by atoms with Crippen molar-refractivity contribution in [3.8, 4) is 0 Å². The van der Waals surface area contributed by atoms with Gasteiger partial charge in [0.25, 0.3) is 10.0 Å². The van der Waals surface area contributed by atoms with E-state index in [0.717, 1.165) is 21.3 Å². The molecule has 3 aromatic heterocycles. The fraction of sp³-hybridized carbons (Fsp3) is 0.333. The maximum atomic E-state index is 13.9. The molecule has 0 saturated carbocycles. The van der Waals surface area contributed by atoms with E-state index >= 15 is 0 Å². The molecule has 5 rings (SSSR count). The van der Waals surface area contributed by atoms with E-state index in [1.165, 1.54) is 27.0 Å². The minimum absolute atomic E-state index is 0.128. The molecular weight excluding hydrogens is 490 g/mol. The van der Waals surface area contributed by atoms with Crippen LogP contribution in [-0.4, -0.2) is 36.7 Å². The highest BCUT2D eigenvalue weighted by Crippen LogP contribution is 2.35.